The second-order valence-corrected chi connectivity index (χ2v) is 5.01. The fourth-order valence-corrected chi connectivity index (χ4v) is 1.99. The Bertz CT molecular complexity index is 448. The zero-order valence-electron chi connectivity index (χ0n) is 14.9. The van der Waals surface area contributed by atoms with Crippen molar-refractivity contribution in [3.05, 3.63) is 29.8 Å². The van der Waals surface area contributed by atoms with Crippen LogP contribution >= 0.6 is 0 Å². The van der Waals surface area contributed by atoms with Crippen molar-refractivity contribution in [1.29, 1.82) is 0 Å². The summed E-state index contributed by atoms with van der Waals surface area (Å²) in [5.41, 5.74) is 0.354. The molecule has 0 amide bonds. The predicted octanol–water partition coefficient (Wildman–Crippen LogP) is 1.25. The van der Waals surface area contributed by atoms with E-state index in [9.17, 15) is 9.59 Å². The van der Waals surface area contributed by atoms with Crippen molar-refractivity contribution in [3.63, 3.8) is 0 Å². The van der Waals surface area contributed by atoms with Crippen molar-refractivity contribution in [2.75, 3.05) is 7.11 Å². The van der Waals surface area contributed by atoms with Crippen molar-refractivity contribution in [2.24, 2.45) is 0 Å². The Balaban J connectivity index is 0. The molecule has 118 valence electrons. The molecular formula is C17H25NaO4. The van der Waals surface area contributed by atoms with Crippen molar-refractivity contribution < 1.29 is 50.0 Å². The molecule has 1 aromatic rings. The van der Waals surface area contributed by atoms with Crippen LogP contribution in [0.2, 0.25) is 0 Å². The second kappa shape index (κ2) is 12.7. The molecule has 0 aliphatic heterocycles. The van der Waals surface area contributed by atoms with Crippen LogP contribution in [-0.2, 0) is 9.53 Å². The van der Waals surface area contributed by atoms with Crippen molar-refractivity contribution in [1.82, 2.24) is 0 Å². The molecule has 5 heteroatoms. The molecule has 1 aromatic carbocycles. The minimum atomic E-state index is -0.603. The summed E-state index contributed by atoms with van der Waals surface area (Å²) in [6, 6.07) is 6.49. The van der Waals surface area contributed by atoms with Gasteiger partial charge in [-0.15, -0.1) is 0 Å². The van der Waals surface area contributed by atoms with E-state index in [0.29, 0.717) is 17.7 Å². The second-order valence-electron chi connectivity index (χ2n) is 5.01. The Labute approximate surface area is 156 Å². The van der Waals surface area contributed by atoms with Gasteiger partial charge in [-0.2, -0.15) is 0 Å². The molecule has 0 unspecified atom stereocenters. The van der Waals surface area contributed by atoms with E-state index in [2.05, 4.69) is 6.92 Å². The van der Waals surface area contributed by atoms with Crippen molar-refractivity contribution in [2.45, 2.75) is 51.9 Å². The van der Waals surface area contributed by atoms with Crippen molar-refractivity contribution in [3.8, 4) is 5.75 Å². The van der Waals surface area contributed by atoms with Crippen LogP contribution in [-0.4, -0.2) is 19.0 Å². The van der Waals surface area contributed by atoms with Crippen LogP contribution in [0.5, 0.6) is 5.75 Å². The number of rotatable bonds is 9. The summed E-state index contributed by atoms with van der Waals surface area (Å²) >= 11 is 0. The molecule has 0 fully saturated rings. The molecule has 0 aromatic heterocycles. The Morgan fingerprint density at radius 1 is 1.00 bits per heavy atom. The maximum absolute atomic E-state index is 11.7. The number of hydrogen-bond donors (Lipinski definition) is 0. The SMILES string of the molecule is CCCCCCCCC(=O)OC(=O)c1ccc(OC)cc1.[H-].[Na+]. The van der Waals surface area contributed by atoms with Gasteiger partial charge >= 0.3 is 41.5 Å². The molecule has 1 rings (SSSR count). The minimum Gasteiger partial charge on any atom is -1.00 e. The van der Waals surface area contributed by atoms with E-state index >= 15 is 0 Å². The molecule has 0 bridgehead atoms. The summed E-state index contributed by atoms with van der Waals surface area (Å²) in [6.07, 6.45) is 6.86. The van der Waals surface area contributed by atoms with Crippen LogP contribution < -0.4 is 34.3 Å². The predicted molar refractivity (Wildman–Crippen MR) is 82.5 cm³/mol. The summed E-state index contributed by atoms with van der Waals surface area (Å²) in [5, 5.41) is 0. The molecule has 0 aliphatic rings. The third kappa shape index (κ3) is 8.57. The van der Waals surface area contributed by atoms with Gasteiger partial charge in [-0.3, -0.25) is 4.79 Å². The first-order valence-electron chi connectivity index (χ1n) is 7.56. The number of carbonyl (C=O) groups excluding carboxylic acids is 2. The maximum atomic E-state index is 11.7. The molecule has 0 N–H and O–H groups in total. The standard InChI is InChI=1S/C17H24O4.Na.H/c1-3-4-5-6-7-8-9-16(18)21-17(19)14-10-12-15(20-2)13-11-14;;/h10-13H,3-9H2,1-2H3;;/q;+1;-1. The van der Waals surface area contributed by atoms with E-state index in [1.165, 1.54) is 19.3 Å². The summed E-state index contributed by atoms with van der Waals surface area (Å²) < 4.78 is 9.82. The van der Waals surface area contributed by atoms with Gasteiger partial charge in [0, 0.05) is 6.42 Å². The van der Waals surface area contributed by atoms with Crippen LogP contribution in [0.3, 0.4) is 0 Å². The summed E-state index contributed by atoms with van der Waals surface area (Å²) in [7, 11) is 1.55. The third-order valence-electron chi connectivity index (χ3n) is 3.27. The van der Waals surface area contributed by atoms with Gasteiger partial charge in [0.05, 0.1) is 12.7 Å². The number of esters is 2. The molecule has 0 aliphatic carbocycles. The largest absolute Gasteiger partial charge is 1.00 e. The fraction of sp³-hybridized carbons (Fsp3) is 0.529. The number of hydrogen-bond acceptors (Lipinski definition) is 4. The van der Waals surface area contributed by atoms with Crippen LogP contribution in [0.25, 0.3) is 0 Å². The molecule has 0 spiro atoms. The van der Waals surface area contributed by atoms with Gasteiger partial charge in [0.25, 0.3) is 0 Å². The van der Waals surface area contributed by atoms with Crippen LogP contribution in [0, 0.1) is 0 Å². The average molecular weight is 316 g/mol. The van der Waals surface area contributed by atoms with E-state index in [-0.39, 0.29) is 31.0 Å². The molecule has 0 radical (unpaired) electrons. The number of ether oxygens (including phenoxy) is 2. The Hall–Kier alpha value is -0.840. The van der Waals surface area contributed by atoms with Gasteiger partial charge in [-0.05, 0) is 30.7 Å². The van der Waals surface area contributed by atoms with Gasteiger partial charge in [0.15, 0.2) is 0 Å². The monoisotopic (exact) mass is 316 g/mol. The van der Waals surface area contributed by atoms with Gasteiger partial charge in [0.2, 0.25) is 0 Å². The van der Waals surface area contributed by atoms with E-state index in [0.717, 1.165) is 19.3 Å². The summed E-state index contributed by atoms with van der Waals surface area (Å²) in [4.78, 5) is 23.3. The molecular weight excluding hydrogens is 291 g/mol. The first-order chi connectivity index (χ1) is 10.2. The third-order valence-corrected chi connectivity index (χ3v) is 3.27. The van der Waals surface area contributed by atoms with E-state index in [4.69, 9.17) is 9.47 Å². The zero-order valence-corrected chi connectivity index (χ0v) is 15.9. The minimum absolute atomic E-state index is 0. The zero-order chi connectivity index (χ0) is 15.5. The van der Waals surface area contributed by atoms with Crippen molar-refractivity contribution >= 4 is 11.9 Å². The summed E-state index contributed by atoms with van der Waals surface area (Å²) in [5.74, 6) is -0.398. The first-order valence-corrected chi connectivity index (χ1v) is 7.56. The number of unbranched alkanes of at least 4 members (excludes halogenated alkanes) is 5. The van der Waals surface area contributed by atoms with Gasteiger partial charge in [0.1, 0.15) is 5.75 Å². The van der Waals surface area contributed by atoms with Gasteiger partial charge < -0.3 is 10.9 Å². The van der Waals surface area contributed by atoms with Crippen LogP contribution in [0.1, 0.15) is 63.7 Å². The van der Waals surface area contributed by atoms with Crippen LogP contribution in [0.15, 0.2) is 24.3 Å². The first kappa shape index (κ1) is 21.2. The average Bonchev–Trinajstić information content (AvgIpc) is 2.50. The molecule has 22 heavy (non-hydrogen) atoms. The topological polar surface area (TPSA) is 52.6 Å². The molecule has 4 nitrogen and oxygen atoms in total. The molecule has 0 atom stereocenters. The smallest absolute Gasteiger partial charge is 1.00 e. The molecule has 0 saturated heterocycles. The Morgan fingerprint density at radius 3 is 2.18 bits per heavy atom. The molecule has 0 heterocycles. The maximum Gasteiger partial charge on any atom is 1.00 e. The quantitative estimate of drug-likeness (QED) is 0.298. The fourth-order valence-electron chi connectivity index (χ4n) is 1.99. The number of benzene rings is 1. The van der Waals surface area contributed by atoms with Gasteiger partial charge in [-0.25, -0.2) is 4.79 Å². The van der Waals surface area contributed by atoms with E-state index in [1.807, 2.05) is 0 Å². The van der Waals surface area contributed by atoms with Crippen LogP contribution in [0.4, 0.5) is 0 Å². The van der Waals surface area contributed by atoms with E-state index < -0.39 is 11.9 Å². The normalized spacial score (nSPS) is 9.73. The Kier molecular flexibility index (Phi) is 12.2. The van der Waals surface area contributed by atoms with E-state index in [1.54, 1.807) is 31.4 Å². The van der Waals surface area contributed by atoms with Gasteiger partial charge in [-0.1, -0.05) is 39.0 Å². The Morgan fingerprint density at radius 2 is 1.59 bits per heavy atom. The summed E-state index contributed by atoms with van der Waals surface area (Å²) in [6.45, 7) is 2.17. The molecule has 0 saturated carbocycles. The number of carbonyl (C=O) groups is 2. The number of methoxy groups -OCH3 is 1.